The first-order chi connectivity index (χ1) is 12.1. The maximum absolute atomic E-state index is 12.1. The molecule has 0 heterocycles. The highest BCUT2D eigenvalue weighted by molar-refractivity contribution is 5.73. The highest BCUT2D eigenvalue weighted by Crippen LogP contribution is 2.23. The Bertz CT molecular complexity index is 531. The number of aliphatic hydroxyl groups is 1. The summed E-state index contributed by atoms with van der Waals surface area (Å²) in [5.41, 5.74) is 2.43. The van der Waals surface area contributed by atoms with Gasteiger partial charge in [-0.15, -0.1) is 0 Å². The van der Waals surface area contributed by atoms with Gasteiger partial charge in [0.05, 0.1) is 6.10 Å². The Kier molecular flexibility index (Phi) is 8.22. The van der Waals surface area contributed by atoms with Crippen molar-refractivity contribution in [3.8, 4) is 0 Å². The Morgan fingerprint density at radius 2 is 1.88 bits per heavy atom. The van der Waals surface area contributed by atoms with Crippen molar-refractivity contribution < 1.29 is 9.90 Å². The van der Waals surface area contributed by atoms with Gasteiger partial charge in [0.1, 0.15) is 0 Å². The van der Waals surface area contributed by atoms with Crippen molar-refractivity contribution in [2.24, 2.45) is 5.92 Å². The maximum atomic E-state index is 12.1. The number of nitrogens with zero attached hydrogens (tertiary/aromatic N) is 1. The summed E-state index contributed by atoms with van der Waals surface area (Å²) < 4.78 is 0. The largest absolute Gasteiger partial charge is 0.393 e. The summed E-state index contributed by atoms with van der Waals surface area (Å²) in [5.74, 6) is 0.393. The fraction of sp³-hybridized carbons (Fsp3) is 0.650. The fourth-order valence-electron chi connectivity index (χ4n) is 3.50. The molecule has 5 heteroatoms. The molecule has 1 aromatic rings. The van der Waals surface area contributed by atoms with E-state index < -0.39 is 0 Å². The van der Waals surface area contributed by atoms with Gasteiger partial charge in [0.2, 0.25) is 0 Å². The number of nitrogens with one attached hydrogen (secondary N) is 2. The number of hydrogen-bond acceptors (Lipinski definition) is 3. The molecule has 1 fully saturated rings. The molecule has 1 saturated carbocycles. The van der Waals surface area contributed by atoms with Crippen molar-refractivity contribution in [1.29, 1.82) is 0 Å². The van der Waals surface area contributed by atoms with Gasteiger partial charge in [0, 0.05) is 19.6 Å². The minimum atomic E-state index is -0.199. The summed E-state index contributed by atoms with van der Waals surface area (Å²) in [5, 5.41) is 15.6. The van der Waals surface area contributed by atoms with Gasteiger partial charge in [-0.3, -0.25) is 4.90 Å². The van der Waals surface area contributed by atoms with Crippen LogP contribution in [-0.2, 0) is 13.1 Å². The molecule has 2 rings (SSSR count). The number of hydrogen-bond donors (Lipinski definition) is 3. The van der Waals surface area contributed by atoms with E-state index in [1.54, 1.807) is 0 Å². The Morgan fingerprint density at radius 1 is 1.16 bits per heavy atom. The Morgan fingerprint density at radius 3 is 2.56 bits per heavy atom. The van der Waals surface area contributed by atoms with Gasteiger partial charge in [-0.05, 0) is 49.4 Å². The second kappa shape index (κ2) is 10.4. The molecule has 3 N–H and O–H groups in total. The average Bonchev–Trinajstić information content (AvgIpc) is 2.63. The predicted molar refractivity (Wildman–Crippen MR) is 101 cm³/mol. The summed E-state index contributed by atoms with van der Waals surface area (Å²) in [7, 11) is 0. The van der Waals surface area contributed by atoms with Gasteiger partial charge in [-0.25, -0.2) is 4.79 Å². The third-order valence-electron chi connectivity index (χ3n) is 5.15. The molecule has 0 saturated heterocycles. The first kappa shape index (κ1) is 19.7. The lowest BCUT2D eigenvalue weighted by Crippen LogP contribution is -2.39. The molecule has 0 radical (unpaired) electrons. The number of rotatable bonds is 8. The normalized spacial score (nSPS) is 20.5. The molecular formula is C20H33N3O2. The van der Waals surface area contributed by atoms with E-state index in [9.17, 15) is 9.90 Å². The number of amides is 2. The Labute approximate surface area is 151 Å². The molecule has 0 spiro atoms. The fourth-order valence-corrected chi connectivity index (χ4v) is 3.50. The van der Waals surface area contributed by atoms with Crippen LogP contribution >= 0.6 is 0 Å². The number of aliphatic hydroxyl groups excluding tert-OH is 1. The molecule has 25 heavy (non-hydrogen) atoms. The number of benzene rings is 1. The van der Waals surface area contributed by atoms with Crippen LogP contribution in [0.1, 0.15) is 50.7 Å². The van der Waals surface area contributed by atoms with Crippen LogP contribution in [0.25, 0.3) is 0 Å². The van der Waals surface area contributed by atoms with Crippen molar-refractivity contribution in [3.05, 3.63) is 35.4 Å². The van der Waals surface area contributed by atoms with Crippen molar-refractivity contribution in [2.75, 3.05) is 19.6 Å². The van der Waals surface area contributed by atoms with E-state index in [1.165, 1.54) is 5.56 Å². The lowest BCUT2D eigenvalue weighted by molar-refractivity contribution is 0.101. The van der Waals surface area contributed by atoms with Crippen LogP contribution < -0.4 is 10.6 Å². The second-order valence-electron chi connectivity index (χ2n) is 6.98. The van der Waals surface area contributed by atoms with Crippen LogP contribution in [0.2, 0.25) is 0 Å². The third kappa shape index (κ3) is 6.67. The van der Waals surface area contributed by atoms with E-state index in [1.807, 2.05) is 6.07 Å². The molecule has 1 aliphatic rings. The van der Waals surface area contributed by atoms with Crippen molar-refractivity contribution in [1.82, 2.24) is 15.5 Å². The standard InChI is InChI=1S/C20H33N3O2/c1-3-23(4-2)15-18-10-6-5-9-17(18)14-22-20(25)21-13-16-8-7-11-19(24)12-16/h5-6,9-10,16,19,24H,3-4,7-8,11-15H2,1-2H3,(H2,21,22,25). The lowest BCUT2D eigenvalue weighted by atomic mass is 9.87. The Hall–Kier alpha value is -1.59. The van der Waals surface area contributed by atoms with Crippen molar-refractivity contribution in [3.63, 3.8) is 0 Å². The molecule has 5 nitrogen and oxygen atoms in total. The topological polar surface area (TPSA) is 64.6 Å². The number of urea groups is 1. The zero-order valence-electron chi connectivity index (χ0n) is 15.6. The van der Waals surface area contributed by atoms with Crippen LogP contribution in [0, 0.1) is 5.92 Å². The van der Waals surface area contributed by atoms with Crippen molar-refractivity contribution >= 4 is 6.03 Å². The molecule has 0 bridgehead atoms. The molecule has 140 valence electrons. The summed E-state index contributed by atoms with van der Waals surface area (Å²) in [6, 6.07) is 8.16. The molecule has 0 aromatic heterocycles. The first-order valence-corrected chi connectivity index (χ1v) is 9.61. The van der Waals surface area contributed by atoms with Gasteiger partial charge < -0.3 is 15.7 Å². The molecule has 2 unspecified atom stereocenters. The van der Waals surface area contributed by atoms with Crippen LogP contribution in [-0.4, -0.2) is 41.8 Å². The van der Waals surface area contributed by atoms with Crippen LogP contribution in [0.5, 0.6) is 0 Å². The van der Waals surface area contributed by atoms with E-state index >= 15 is 0 Å². The minimum absolute atomic E-state index is 0.127. The van der Waals surface area contributed by atoms with Gasteiger partial charge >= 0.3 is 6.03 Å². The van der Waals surface area contributed by atoms with Crippen LogP contribution in [0.4, 0.5) is 4.79 Å². The SMILES string of the molecule is CCN(CC)Cc1ccccc1CNC(=O)NCC1CCCC(O)C1. The number of carbonyl (C=O) groups excluding carboxylic acids is 1. The summed E-state index contributed by atoms with van der Waals surface area (Å²) in [6.07, 6.45) is 3.63. The van der Waals surface area contributed by atoms with Crippen LogP contribution in [0.3, 0.4) is 0 Å². The minimum Gasteiger partial charge on any atom is -0.393 e. The van der Waals surface area contributed by atoms with E-state index in [4.69, 9.17) is 0 Å². The maximum Gasteiger partial charge on any atom is 0.315 e. The molecule has 2 amide bonds. The van der Waals surface area contributed by atoms with Gasteiger partial charge in [0.15, 0.2) is 0 Å². The highest BCUT2D eigenvalue weighted by Gasteiger charge is 2.20. The molecule has 1 aliphatic carbocycles. The highest BCUT2D eigenvalue weighted by atomic mass is 16.3. The molecule has 1 aromatic carbocycles. The zero-order valence-corrected chi connectivity index (χ0v) is 15.6. The predicted octanol–water partition coefficient (Wildman–Crippen LogP) is 2.88. The molecule has 0 aliphatic heterocycles. The number of carbonyl (C=O) groups is 1. The first-order valence-electron chi connectivity index (χ1n) is 9.61. The molecule has 2 atom stereocenters. The Balaban J connectivity index is 1.79. The quantitative estimate of drug-likeness (QED) is 0.677. The van der Waals surface area contributed by atoms with E-state index in [0.717, 1.165) is 50.9 Å². The third-order valence-corrected chi connectivity index (χ3v) is 5.15. The smallest absolute Gasteiger partial charge is 0.315 e. The summed E-state index contributed by atoms with van der Waals surface area (Å²) >= 11 is 0. The van der Waals surface area contributed by atoms with Gasteiger partial charge in [0.25, 0.3) is 0 Å². The summed E-state index contributed by atoms with van der Waals surface area (Å²) in [4.78, 5) is 14.5. The van der Waals surface area contributed by atoms with Crippen LogP contribution in [0.15, 0.2) is 24.3 Å². The lowest BCUT2D eigenvalue weighted by Gasteiger charge is -2.26. The average molecular weight is 348 g/mol. The monoisotopic (exact) mass is 347 g/mol. The summed E-state index contributed by atoms with van der Waals surface area (Å²) in [6.45, 7) is 8.46. The van der Waals surface area contributed by atoms with Gasteiger partial charge in [-0.2, -0.15) is 0 Å². The van der Waals surface area contributed by atoms with Gasteiger partial charge in [-0.1, -0.05) is 44.5 Å². The van der Waals surface area contributed by atoms with E-state index in [0.29, 0.717) is 19.0 Å². The molecular weight excluding hydrogens is 314 g/mol. The van der Waals surface area contributed by atoms with E-state index in [-0.39, 0.29) is 12.1 Å². The van der Waals surface area contributed by atoms with E-state index in [2.05, 4.69) is 47.6 Å². The second-order valence-corrected chi connectivity index (χ2v) is 6.98. The van der Waals surface area contributed by atoms with Crippen molar-refractivity contribution in [2.45, 2.75) is 58.7 Å². The zero-order chi connectivity index (χ0) is 18.1.